The number of nitrogens with one attached hydrogen (secondary N) is 2. The van der Waals surface area contributed by atoms with Gasteiger partial charge >= 0.3 is 5.97 Å². The van der Waals surface area contributed by atoms with E-state index in [9.17, 15) is 24.6 Å². The number of amides is 2. The van der Waals surface area contributed by atoms with E-state index in [1.165, 1.54) is 11.8 Å². The van der Waals surface area contributed by atoms with Crippen LogP contribution in [-0.2, 0) is 25.7 Å². The van der Waals surface area contributed by atoms with Gasteiger partial charge in [-0.1, -0.05) is 48.5 Å². The molecule has 2 amide bonds. The van der Waals surface area contributed by atoms with Gasteiger partial charge in [-0.3, -0.25) is 14.8 Å². The summed E-state index contributed by atoms with van der Waals surface area (Å²) in [6.07, 6.45) is 0.733. The van der Waals surface area contributed by atoms with E-state index in [2.05, 4.69) is 5.32 Å². The number of hydrogen-bond acceptors (Lipinski definition) is 8. The van der Waals surface area contributed by atoms with Gasteiger partial charge in [-0.2, -0.15) is 0 Å². The Morgan fingerprint density at radius 2 is 1.52 bits per heavy atom. The van der Waals surface area contributed by atoms with Crippen LogP contribution in [0.2, 0.25) is 0 Å². The number of thioether (sulfide) groups is 1. The van der Waals surface area contributed by atoms with Crippen molar-refractivity contribution in [3.05, 3.63) is 95.1 Å². The Hall–Kier alpha value is -3.74. The van der Waals surface area contributed by atoms with Crippen LogP contribution >= 0.6 is 11.8 Å². The molecule has 1 heterocycles. The molecular weight excluding hydrogens is 560 g/mol. The summed E-state index contributed by atoms with van der Waals surface area (Å²) in [4.78, 5) is 35.7. The molecule has 1 fully saturated rings. The molecule has 0 bridgehead atoms. The molecule has 0 radical (unpaired) electrons. The average Bonchev–Trinajstić information content (AvgIpc) is 3.02. The number of hydrogen-bond donors (Lipinski definition) is 5. The lowest BCUT2D eigenvalue weighted by molar-refractivity contribution is -0.245. The summed E-state index contributed by atoms with van der Waals surface area (Å²) in [5.74, 6) is -1.12. The van der Waals surface area contributed by atoms with Crippen molar-refractivity contribution < 1.29 is 39.3 Å². The highest BCUT2D eigenvalue weighted by molar-refractivity contribution is 7.99. The zero-order chi connectivity index (χ0) is 29.9. The molecule has 0 aliphatic carbocycles. The van der Waals surface area contributed by atoms with Gasteiger partial charge in [0.15, 0.2) is 6.29 Å². The van der Waals surface area contributed by atoms with Gasteiger partial charge in [0.1, 0.15) is 0 Å². The second-order valence-corrected chi connectivity index (χ2v) is 10.9. The Labute approximate surface area is 248 Å². The summed E-state index contributed by atoms with van der Waals surface area (Å²) >= 11 is 1.43. The number of aliphatic hydroxyl groups is 1. The van der Waals surface area contributed by atoms with Gasteiger partial charge in [-0.05, 0) is 48.2 Å². The summed E-state index contributed by atoms with van der Waals surface area (Å²) in [6, 6.07) is 21.6. The Morgan fingerprint density at radius 3 is 2.19 bits per heavy atom. The molecule has 3 atom stereocenters. The maximum atomic E-state index is 12.3. The molecule has 0 spiro atoms. The van der Waals surface area contributed by atoms with Crippen LogP contribution in [0.3, 0.4) is 0 Å². The second-order valence-electron chi connectivity index (χ2n) is 9.87. The predicted octanol–water partition coefficient (Wildman–Crippen LogP) is 5.22. The number of benzene rings is 3. The molecule has 3 aromatic carbocycles. The van der Waals surface area contributed by atoms with E-state index in [1.54, 1.807) is 35.8 Å². The molecule has 1 saturated heterocycles. The lowest BCUT2D eigenvalue weighted by Crippen LogP contribution is -2.31. The summed E-state index contributed by atoms with van der Waals surface area (Å²) < 4.78 is 12.7. The number of ether oxygens (including phenoxy) is 2. The minimum atomic E-state index is -0.980. The Balaban J connectivity index is 1.43. The smallest absolute Gasteiger partial charge is 0.336 e. The highest BCUT2D eigenvalue weighted by atomic mass is 32.2. The van der Waals surface area contributed by atoms with Crippen LogP contribution in [-0.4, -0.2) is 45.1 Å². The van der Waals surface area contributed by atoms with Gasteiger partial charge < -0.3 is 25.0 Å². The SMILES string of the molecule is O=C(CCCCC(=O)Nc1ccc([C@H]2O[C@@H](CSc3ccccc3C(=O)O)C[C@@H](c3ccc(CO)cc3)O2)cc1)NO. The van der Waals surface area contributed by atoms with Gasteiger partial charge in [0.25, 0.3) is 0 Å². The highest BCUT2D eigenvalue weighted by Gasteiger charge is 2.32. The highest BCUT2D eigenvalue weighted by Crippen LogP contribution is 2.40. The first-order chi connectivity index (χ1) is 20.4. The minimum absolute atomic E-state index is 0.0520. The maximum Gasteiger partial charge on any atom is 0.336 e. The van der Waals surface area contributed by atoms with E-state index in [0.717, 1.165) is 16.7 Å². The first-order valence-electron chi connectivity index (χ1n) is 13.6. The van der Waals surface area contributed by atoms with Crippen LogP contribution in [0.1, 0.15) is 71.5 Å². The van der Waals surface area contributed by atoms with Gasteiger partial charge in [0, 0.05) is 41.2 Å². The molecule has 10 nitrogen and oxygen atoms in total. The summed E-state index contributed by atoms with van der Waals surface area (Å²) in [5.41, 5.74) is 4.94. The molecule has 5 N–H and O–H groups in total. The number of carboxylic acids is 1. The number of aliphatic hydroxyl groups excluding tert-OH is 1. The Bertz CT molecular complexity index is 1350. The standard InChI is InChI=1S/C31H34N2O8S/c34-18-20-9-11-21(12-10-20)26-17-24(19-42-27-6-2-1-5-25(27)30(37)38)40-31(41-26)22-13-15-23(16-14-22)32-28(35)7-3-4-8-29(36)33-39/h1-2,5-6,9-16,24,26,31,34,39H,3-4,7-8,17-19H2,(H,32,35)(H,33,36)(H,37,38)/t24-,26+,31+/m1/s1. The minimum Gasteiger partial charge on any atom is -0.478 e. The number of carboxylic acid groups (broad SMARTS) is 1. The zero-order valence-corrected chi connectivity index (χ0v) is 23.7. The number of unbranched alkanes of at least 4 members (excludes halogenated alkanes) is 1. The second kappa shape index (κ2) is 15.5. The van der Waals surface area contributed by atoms with Crippen molar-refractivity contribution in [3.63, 3.8) is 0 Å². The average molecular weight is 595 g/mol. The van der Waals surface area contributed by atoms with Gasteiger partial charge in [0.05, 0.1) is 24.4 Å². The van der Waals surface area contributed by atoms with Crippen LogP contribution in [0.25, 0.3) is 0 Å². The third-order valence-corrected chi connectivity index (χ3v) is 8.01. The first kappa shape index (κ1) is 31.2. The molecule has 42 heavy (non-hydrogen) atoms. The van der Waals surface area contributed by atoms with E-state index in [1.807, 2.05) is 42.5 Å². The number of carbonyl (C=O) groups is 3. The van der Waals surface area contributed by atoms with Crippen LogP contribution in [0, 0.1) is 0 Å². The number of rotatable bonds is 13. The third-order valence-electron chi connectivity index (χ3n) is 6.81. The normalized spacial score (nSPS) is 18.3. The largest absolute Gasteiger partial charge is 0.478 e. The molecule has 11 heteroatoms. The van der Waals surface area contributed by atoms with E-state index in [0.29, 0.717) is 35.6 Å². The van der Waals surface area contributed by atoms with Gasteiger partial charge in [-0.25, -0.2) is 10.3 Å². The summed E-state index contributed by atoms with van der Waals surface area (Å²) in [6.45, 7) is -0.0520. The topological polar surface area (TPSA) is 154 Å². The molecular formula is C31H34N2O8S. The number of hydroxylamine groups is 1. The fourth-order valence-corrected chi connectivity index (χ4v) is 5.61. The molecule has 0 unspecified atom stereocenters. The third kappa shape index (κ3) is 8.88. The quantitative estimate of drug-likeness (QED) is 0.0775. The van der Waals surface area contributed by atoms with Crippen LogP contribution < -0.4 is 10.8 Å². The molecule has 3 aromatic rings. The summed E-state index contributed by atoms with van der Waals surface area (Å²) in [5, 5.41) is 30.4. The molecule has 1 aliphatic heterocycles. The van der Waals surface area contributed by atoms with E-state index in [-0.39, 0.29) is 43.1 Å². The van der Waals surface area contributed by atoms with E-state index >= 15 is 0 Å². The van der Waals surface area contributed by atoms with Crippen molar-refractivity contribution >= 4 is 35.2 Å². The number of anilines is 1. The zero-order valence-electron chi connectivity index (χ0n) is 22.9. The number of carbonyl (C=O) groups excluding carboxylic acids is 2. The van der Waals surface area contributed by atoms with Crippen LogP contribution in [0.15, 0.2) is 77.7 Å². The van der Waals surface area contributed by atoms with Crippen molar-refractivity contribution in [3.8, 4) is 0 Å². The van der Waals surface area contributed by atoms with Gasteiger partial charge in [-0.15, -0.1) is 11.8 Å². The predicted molar refractivity (Wildman–Crippen MR) is 156 cm³/mol. The monoisotopic (exact) mass is 594 g/mol. The van der Waals surface area contributed by atoms with Crippen molar-refractivity contribution in [2.75, 3.05) is 11.1 Å². The van der Waals surface area contributed by atoms with E-state index < -0.39 is 18.2 Å². The van der Waals surface area contributed by atoms with Crippen molar-refractivity contribution in [1.29, 1.82) is 0 Å². The van der Waals surface area contributed by atoms with Crippen molar-refractivity contribution in [2.45, 2.75) is 62.1 Å². The van der Waals surface area contributed by atoms with Gasteiger partial charge in [0.2, 0.25) is 11.8 Å². The van der Waals surface area contributed by atoms with Crippen LogP contribution in [0.5, 0.6) is 0 Å². The van der Waals surface area contributed by atoms with Crippen molar-refractivity contribution in [1.82, 2.24) is 5.48 Å². The molecule has 1 aliphatic rings. The fourth-order valence-electron chi connectivity index (χ4n) is 4.55. The summed E-state index contributed by atoms with van der Waals surface area (Å²) in [7, 11) is 0. The fraction of sp³-hybridized carbons (Fsp3) is 0.323. The first-order valence-corrected chi connectivity index (χ1v) is 14.6. The van der Waals surface area contributed by atoms with E-state index in [4.69, 9.17) is 14.7 Å². The molecule has 0 aromatic heterocycles. The number of aromatic carboxylic acids is 1. The maximum absolute atomic E-state index is 12.3. The van der Waals surface area contributed by atoms with Crippen molar-refractivity contribution in [2.24, 2.45) is 0 Å². The lowest BCUT2D eigenvalue weighted by Gasteiger charge is -2.36. The Morgan fingerprint density at radius 1 is 0.857 bits per heavy atom. The molecule has 4 rings (SSSR count). The molecule has 0 saturated carbocycles. The van der Waals surface area contributed by atoms with Crippen LogP contribution in [0.4, 0.5) is 5.69 Å². The lowest BCUT2D eigenvalue weighted by atomic mass is 10.0. The Kier molecular flexibility index (Phi) is 11.5. The molecule has 222 valence electrons.